The standard InChI is InChI=1S/C21H17ClN2O2S/c1-14(21(25)26)13-27-15(2)24-20(17-11-7-4-8-12-17)18(22)19(23-24)16-9-5-3-6-10-16/h3-13H,2H2,1H3,(H,25,26)/b14-13+. The highest BCUT2D eigenvalue weighted by Crippen LogP contribution is 2.39. The summed E-state index contributed by atoms with van der Waals surface area (Å²) < 4.78 is 1.66. The molecule has 3 rings (SSSR count). The molecule has 4 nitrogen and oxygen atoms in total. The smallest absolute Gasteiger partial charge is 0.331 e. The van der Waals surface area contributed by atoms with Crippen molar-refractivity contribution < 1.29 is 9.90 Å². The molecular weight excluding hydrogens is 380 g/mol. The minimum Gasteiger partial charge on any atom is -0.478 e. The maximum absolute atomic E-state index is 11.0. The number of nitrogens with zero attached hydrogens (tertiary/aromatic N) is 2. The molecule has 0 aliphatic heterocycles. The van der Waals surface area contributed by atoms with Crippen LogP contribution in [0.5, 0.6) is 0 Å². The molecule has 1 aromatic heterocycles. The molecule has 0 radical (unpaired) electrons. The molecule has 136 valence electrons. The molecule has 0 saturated carbocycles. The predicted octanol–water partition coefficient (Wildman–Crippen LogP) is 6.02. The largest absolute Gasteiger partial charge is 0.478 e. The maximum atomic E-state index is 11.0. The van der Waals surface area contributed by atoms with Crippen molar-refractivity contribution in [2.24, 2.45) is 0 Å². The van der Waals surface area contributed by atoms with Gasteiger partial charge in [-0.1, -0.05) is 90.6 Å². The minimum absolute atomic E-state index is 0.226. The highest BCUT2D eigenvalue weighted by Gasteiger charge is 2.20. The molecule has 2 aromatic carbocycles. The first-order valence-electron chi connectivity index (χ1n) is 8.14. The summed E-state index contributed by atoms with van der Waals surface area (Å²) in [7, 11) is 0. The zero-order valence-electron chi connectivity index (χ0n) is 14.6. The fourth-order valence-corrected chi connectivity index (χ4v) is 3.44. The van der Waals surface area contributed by atoms with Gasteiger partial charge in [0.05, 0.1) is 15.7 Å². The van der Waals surface area contributed by atoms with Crippen LogP contribution >= 0.6 is 23.4 Å². The lowest BCUT2D eigenvalue weighted by Gasteiger charge is -2.09. The van der Waals surface area contributed by atoms with Gasteiger partial charge in [0.1, 0.15) is 5.69 Å². The van der Waals surface area contributed by atoms with Crippen LogP contribution in [-0.4, -0.2) is 20.9 Å². The number of carboxylic acid groups (broad SMARTS) is 1. The maximum Gasteiger partial charge on any atom is 0.331 e. The highest BCUT2D eigenvalue weighted by atomic mass is 35.5. The molecule has 6 heteroatoms. The highest BCUT2D eigenvalue weighted by molar-refractivity contribution is 8.10. The van der Waals surface area contributed by atoms with Gasteiger partial charge < -0.3 is 5.11 Å². The normalized spacial score (nSPS) is 11.4. The molecular formula is C21H17ClN2O2S. The third kappa shape index (κ3) is 4.15. The number of benzene rings is 2. The number of carbonyl (C=O) groups is 1. The second-order valence-corrected chi connectivity index (χ2v) is 7.09. The predicted molar refractivity (Wildman–Crippen MR) is 112 cm³/mol. The van der Waals surface area contributed by atoms with E-state index >= 15 is 0 Å². The molecule has 0 bridgehead atoms. The number of rotatable bonds is 6. The van der Waals surface area contributed by atoms with Gasteiger partial charge in [-0.3, -0.25) is 0 Å². The zero-order valence-corrected chi connectivity index (χ0v) is 16.2. The Morgan fingerprint density at radius 2 is 1.67 bits per heavy atom. The molecule has 0 fully saturated rings. The Kier molecular flexibility index (Phi) is 5.84. The molecule has 0 unspecified atom stereocenters. The van der Waals surface area contributed by atoms with Crippen LogP contribution in [0.15, 0.2) is 78.2 Å². The van der Waals surface area contributed by atoms with E-state index in [0.29, 0.717) is 15.7 Å². The van der Waals surface area contributed by atoms with Crippen LogP contribution in [-0.2, 0) is 4.79 Å². The van der Waals surface area contributed by atoms with Gasteiger partial charge in [-0.15, -0.1) is 0 Å². The zero-order chi connectivity index (χ0) is 19.4. The van der Waals surface area contributed by atoms with Gasteiger partial charge in [-0.25, -0.2) is 9.48 Å². The summed E-state index contributed by atoms with van der Waals surface area (Å²) >= 11 is 7.91. The topological polar surface area (TPSA) is 55.1 Å². The summed E-state index contributed by atoms with van der Waals surface area (Å²) in [6.07, 6.45) is 0. The summed E-state index contributed by atoms with van der Waals surface area (Å²) in [5, 5.41) is 16.3. The van der Waals surface area contributed by atoms with E-state index in [1.807, 2.05) is 60.7 Å². The van der Waals surface area contributed by atoms with Gasteiger partial charge in [0.2, 0.25) is 0 Å². The van der Waals surface area contributed by atoms with Crippen LogP contribution in [0.1, 0.15) is 6.92 Å². The first-order valence-corrected chi connectivity index (χ1v) is 9.40. The van der Waals surface area contributed by atoms with Gasteiger partial charge in [0.25, 0.3) is 0 Å². The minimum atomic E-state index is -0.970. The number of halogens is 1. The Labute approximate surface area is 166 Å². The van der Waals surface area contributed by atoms with E-state index in [2.05, 4.69) is 11.7 Å². The first-order chi connectivity index (χ1) is 13.0. The summed E-state index contributed by atoms with van der Waals surface area (Å²) in [6, 6.07) is 19.3. The molecule has 3 aromatic rings. The van der Waals surface area contributed by atoms with Crippen LogP contribution in [0.3, 0.4) is 0 Å². The molecule has 0 saturated heterocycles. The van der Waals surface area contributed by atoms with Gasteiger partial charge in [-0.05, 0) is 12.3 Å². The first kappa shape index (κ1) is 19.0. The average molecular weight is 397 g/mol. The monoisotopic (exact) mass is 396 g/mol. The Balaban J connectivity index is 2.10. The van der Waals surface area contributed by atoms with Crippen molar-refractivity contribution in [3.05, 3.63) is 83.2 Å². The Hall–Kier alpha value is -2.76. The third-order valence-electron chi connectivity index (χ3n) is 3.87. The van der Waals surface area contributed by atoms with E-state index in [1.54, 1.807) is 4.68 Å². The quantitative estimate of drug-likeness (QED) is 0.517. The van der Waals surface area contributed by atoms with Crippen LogP contribution in [0, 0.1) is 0 Å². The molecule has 1 heterocycles. The lowest BCUT2D eigenvalue weighted by atomic mass is 10.1. The fourth-order valence-electron chi connectivity index (χ4n) is 2.46. The van der Waals surface area contributed by atoms with Crippen molar-refractivity contribution in [3.63, 3.8) is 0 Å². The molecule has 0 spiro atoms. The SMILES string of the molecule is C=C(S/C=C(\C)C(=O)O)n1nc(-c2ccccc2)c(Cl)c1-c1ccccc1. The number of aromatic nitrogens is 2. The number of carboxylic acids is 1. The van der Waals surface area contributed by atoms with Crippen molar-refractivity contribution in [2.75, 3.05) is 0 Å². The average Bonchev–Trinajstić information content (AvgIpc) is 3.04. The van der Waals surface area contributed by atoms with E-state index in [4.69, 9.17) is 16.7 Å². The number of hydrogen-bond donors (Lipinski definition) is 1. The molecule has 0 amide bonds. The van der Waals surface area contributed by atoms with Gasteiger partial charge in [0, 0.05) is 16.7 Å². The van der Waals surface area contributed by atoms with E-state index in [0.717, 1.165) is 16.8 Å². The van der Waals surface area contributed by atoms with Crippen LogP contribution in [0.2, 0.25) is 5.02 Å². The lowest BCUT2D eigenvalue weighted by molar-refractivity contribution is -0.132. The molecule has 27 heavy (non-hydrogen) atoms. The third-order valence-corrected chi connectivity index (χ3v) is 5.14. The molecule has 0 aliphatic rings. The van der Waals surface area contributed by atoms with E-state index in [1.165, 1.54) is 24.1 Å². The van der Waals surface area contributed by atoms with Gasteiger partial charge >= 0.3 is 5.97 Å². The number of hydrogen-bond acceptors (Lipinski definition) is 3. The van der Waals surface area contributed by atoms with E-state index in [-0.39, 0.29) is 5.57 Å². The van der Waals surface area contributed by atoms with Crippen molar-refractivity contribution in [1.82, 2.24) is 9.78 Å². The van der Waals surface area contributed by atoms with E-state index in [9.17, 15) is 4.79 Å². The van der Waals surface area contributed by atoms with Crippen LogP contribution in [0.25, 0.3) is 27.5 Å². The van der Waals surface area contributed by atoms with E-state index < -0.39 is 5.97 Å². The second kappa shape index (κ2) is 8.29. The van der Waals surface area contributed by atoms with Crippen molar-refractivity contribution >= 4 is 34.4 Å². The fraction of sp³-hybridized carbons (Fsp3) is 0.0476. The van der Waals surface area contributed by atoms with Crippen LogP contribution in [0.4, 0.5) is 0 Å². The lowest BCUT2D eigenvalue weighted by Crippen LogP contribution is -1.99. The Morgan fingerprint density at radius 1 is 1.11 bits per heavy atom. The summed E-state index contributed by atoms with van der Waals surface area (Å²) in [5.41, 5.74) is 3.39. The summed E-state index contributed by atoms with van der Waals surface area (Å²) in [5.74, 6) is -0.970. The Bertz CT molecular complexity index is 1010. The van der Waals surface area contributed by atoms with Crippen molar-refractivity contribution in [3.8, 4) is 22.5 Å². The van der Waals surface area contributed by atoms with Gasteiger partial charge in [-0.2, -0.15) is 5.10 Å². The second-order valence-electron chi connectivity index (χ2n) is 5.77. The number of thioether (sulfide) groups is 1. The summed E-state index contributed by atoms with van der Waals surface area (Å²) in [6.45, 7) is 5.59. The Morgan fingerprint density at radius 3 is 2.22 bits per heavy atom. The van der Waals surface area contributed by atoms with Crippen LogP contribution < -0.4 is 0 Å². The molecule has 1 N–H and O–H groups in total. The number of aliphatic carboxylic acids is 1. The van der Waals surface area contributed by atoms with Crippen molar-refractivity contribution in [2.45, 2.75) is 6.92 Å². The molecule has 0 atom stereocenters. The summed E-state index contributed by atoms with van der Waals surface area (Å²) in [4.78, 5) is 11.0. The van der Waals surface area contributed by atoms with Gasteiger partial charge in [0.15, 0.2) is 0 Å². The van der Waals surface area contributed by atoms with Crippen molar-refractivity contribution in [1.29, 1.82) is 0 Å². The molecule has 0 aliphatic carbocycles.